The predicted octanol–water partition coefficient (Wildman–Crippen LogP) is 3.03. The topological polar surface area (TPSA) is 85.2 Å². The monoisotopic (exact) mass is 378 g/mol. The van der Waals surface area contributed by atoms with Crippen molar-refractivity contribution in [3.05, 3.63) is 30.4 Å². The third kappa shape index (κ3) is 3.04. The highest BCUT2D eigenvalue weighted by Crippen LogP contribution is 2.34. The maximum Gasteiger partial charge on any atom is 0.264 e. The molecule has 8 heteroatoms. The molecule has 0 aromatic carbocycles. The molecule has 1 fully saturated rings. The summed E-state index contributed by atoms with van der Waals surface area (Å²) in [6.45, 7) is 2.99. The second kappa shape index (κ2) is 6.47. The molecular weight excluding hydrogens is 356 g/mol. The maximum atomic E-state index is 11.7. The van der Waals surface area contributed by atoms with Crippen LogP contribution in [0.3, 0.4) is 0 Å². The van der Waals surface area contributed by atoms with E-state index in [1.165, 1.54) is 19.3 Å². The van der Waals surface area contributed by atoms with Gasteiger partial charge in [0.15, 0.2) is 6.61 Å². The van der Waals surface area contributed by atoms with Gasteiger partial charge in [-0.05, 0) is 19.3 Å². The quantitative estimate of drug-likeness (QED) is 0.735. The predicted molar refractivity (Wildman–Crippen MR) is 106 cm³/mol. The number of hydrogen-bond acceptors (Lipinski definition) is 6. The normalized spacial score (nSPS) is 16.2. The Morgan fingerprint density at radius 2 is 2.11 bits per heavy atom. The zero-order valence-corrected chi connectivity index (χ0v) is 16.0. The van der Waals surface area contributed by atoms with Gasteiger partial charge < -0.3 is 19.5 Å². The lowest BCUT2D eigenvalue weighted by atomic mass is 10.2. The molecule has 1 N–H and O–H groups in total. The largest absolute Gasteiger partial charge is 0.481 e. The van der Waals surface area contributed by atoms with Crippen molar-refractivity contribution in [3.8, 4) is 5.75 Å². The van der Waals surface area contributed by atoms with E-state index in [0.717, 1.165) is 29.2 Å². The van der Waals surface area contributed by atoms with Crippen LogP contribution in [0.15, 0.2) is 24.7 Å². The molecule has 5 rings (SSSR count). The summed E-state index contributed by atoms with van der Waals surface area (Å²) in [7, 11) is 1.72. The Morgan fingerprint density at radius 1 is 1.25 bits per heavy atom. The number of ether oxygens (including phenoxy) is 1. The number of amides is 1. The summed E-state index contributed by atoms with van der Waals surface area (Å²) in [5.74, 6) is 2.76. The van der Waals surface area contributed by atoms with Gasteiger partial charge >= 0.3 is 0 Å². The van der Waals surface area contributed by atoms with Crippen molar-refractivity contribution in [1.82, 2.24) is 19.5 Å². The summed E-state index contributed by atoms with van der Waals surface area (Å²) in [5, 5.41) is 3.26. The molecule has 8 nitrogen and oxygen atoms in total. The summed E-state index contributed by atoms with van der Waals surface area (Å²) in [6, 6.07) is 3.81. The van der Waals surface area contributed by atoms with Gasteiger partial charge in [0, 0.05) is 25.7 Å². The van der Waals surface area contributed by atoms with Crippen LogP contribution in [0.25, 0.3) is 11.0 Å². The van der Waals surface area contributed by atoms with Crippen LogP contribution in [0.2, 0.25) is 0 Å². The van der Waals surface area contributed by atoms with Crippen LogP contribution < -0.4 is 15.0 Å². The lowest BCUT2D eigenvalue weighted by Crippen LogP contribution is -2.35. The zero-order valence-electron chi connectivity index (χ0n) is 16.0. The van der Waals surface area contributed by atoms with E-state index in [1.807, 2.05) is 19.3 Å². The van der Waals surface area contributed by atoms with Gasteiger partial charge in [-0.3, -0.25) is 4.79 Å². The second-order valence-electron chi connectivity index (χ2n) is 7.53. The van der Waals surface area contributed by atoms with Gasteiger partial charge in [0.1, 0.15) is 28.6 Å². The van der Waals surface area contributed by atoms with E-state index in [-0.39, 0.29) is 12.5 Å². The van der Waals surface area contributed by atoms with E-state index in [2.05, 4.69) is 24.8 Å². The third-order valence-electron chi connectivity index (χ3n) is 5.45. The first kappa shape index (κ1) is 17.0. The van der Waals surface area contributed by atoms with Gasteiger partial charge in [-0.2, -0.15) is 0 Å². The van der Waals surface area contributed by atoms with Gasteiger partial charge in [0.25, 0.3) is 5.91 Å². The zero-order chi connectivity index (χ0) is 19.3. The lowest BCUT2D eigenvalue weighted by molar-refractivity contribution is -0.120. The van der Waals surface area contributed by atoms with Crippen LogP contribution in [0.4, 0.5) is 17.3 Å². The fourth-order valence-corrected chi connectivity index (χ4v) is 3.56. The van der Waals surface area contributed by atoms with E-state index >= 15 is 0 Å². The minimum Gasteiger partial charge on any atom is -0.481 e. The number of aryl methyl sites for hydroxylation is 2. The van der Waals surface area contributed by atoms with Gasteiger partial charge in [-0.15, -0.1) is 0 Å². The molecule has 0 spiro atoms. The Morgan fingerprint density at radius 3 is 2.93 bits per heavy atom. The lowest BCUT2D eigenvalue weighted by Gasteiger charge is -2.25. The summed E-state index contributed by atoms with van der Waals surface area (Å²) in [4.78, 5) is 26.9. The van der Waals surface area contributed by atoms with E-state index < -0.39 is 0 Å². The summed E-state index contributed by atoms with van der Waals surface area (Å²) < 4.78 is 7.75. The van der Waals surface area contributed by atoms with Gasteiger partial charge in [0.05, 0.1) is 23.7 Å². The fourth-order valence-electron chi connectivity index (χ4n) is 3.56. The summed E-state index contributed by atoms with van der Waals surface area (Å²) in [6.07, 6.45) is 7.45. The van der Waals surface area contributed by atoms with Crippen LogP contribution in [0.5, 0.6) is 5.75 Å². The molecule has 0 radical (unpaired) electrons. The molecule has 2 aliphatic rings. The smallest absolute Gasteiger partial charge is 0.264 e. The average Bonchev–Trinajstić information content (AvgIpc) is 3.42. The molecule has 1 amide bonds. The average molecular weight is 378 g/mol. The van der Waals surface area contributed by atoms with Crippen LogP contribution in [-0.4, -0.2) is 39.1 Å². The minimum absolute atomic E-state index is 0.0381. The minimum atomic E-state index is -0.0859. The van der Waals surface area contributed by atoms with Crippen molar-refractivity contribution in [2.24, 2.45) is 5.92 Å². The Labute approximate surface area is 162 Å². The standard InChI is InChI=1S/C20H22N6O2/c1-12-20-14(26(11-22-20)6-5-13-3-4-13)7-18(23-12)24-17-8-16-15(9-21-17)25(2)19(27)10-28-16/h7-9,11,13H,3-6,10H2,1-2H3,(H,21,23,24). The SMILES string of the molecule is Cc1nc(Nc2cc3c(cn2)N(C)C(=O)CO3)cc2c1ncn2CCC1CC1. The number of anilines is 3. The number of imidazole rings is 1. The first-order chi connectivity index (χ1) is 13.6. The van der Waals surface area contributed by atoms with E-state index in [1.54, 1.807) is 24.2 Å². The molecule has 28 heavy (non-hydrogen) atoms. The van der Waals surface area contributed by atoms with E-state index in [9.17, 15) is 4.79 Å². The number of pyridine rings is 2. The Bertz CT molecular complexity index is 1070. The number of hydrogen-bond donors (Lipinski definition) is 1. The van der Waals surface area contributed by atoms with Crippen molar-refractivity contribution in [3.63, 3.8) is 0 Å². The highest BCUT2D eigenvalue weighted by atomic mass is 16.5. The van der Waals surface area contributed by atoms with E-state index in [4.69, 9.17) is 4.74 Å². The van der Waals surface area contributed by atoms with E-state index in [0.29, 0.717) is 23.1 Å². The molecule has 1 aliphatic heterocycles. The molecular formula is C20H22N6O2. The van der Waals surface area contributed by atoms with Gasteiger partial charge in [0.2, 0.25) is 0 Å². The molecule has 0 atom stereocenters. The summed E-state index contributed by atoms with van der Waals surface area (Å²) >= 11 is 0. The summed E-state index contributed by atoms with van der Waals surface area (Å²) in [5.41, 5.74) is 3.56. The first-order valence-corrected chi connectivity index (χ1v) is 9.57. The Balaban J connectivity index is 1.43. The molecule has 0 unspecified atom stereocenters. The van der Waals surface area contributed by atoms with Crippen molar-refractivity contribution in [2.45, 2.75) is 32.7 Å². The van der Waals surface area contributed by atoms with Gasteiger partial charge in [-0.25, -0.2) is 15.0 Å². The molecule has 1 saturated carbocycles. The van der Waals surface area contributed by atoms with Crippen molar-refractivity contribution < 1.29 is 9.53 Å². The van der Waals surface area contributed by atoms with Crippen molar-refractivity contribution in [1.29, 1.82) is 0 Å². The third-order valence-corrected chi connectivity index (χ3v) is 5.45. The van der Waals surface area contributed by atoms with Crippen LogP contribution in [0, 0.1) is 12.8 Å². The number of rotatable bonds is 5. The molecule has 3 aromatic heterocycles. The van der Waals surface area contributed by atoms with Crippen LogP contribution >= 0.6 is 0 Å². The molecule has 4 heterocycles. The number of aromatic nitrogens is 4. The second-order valence-corrected chi connectivity index (χ2v) is 7.53. The van der Waals surface area contributed by atoms with Crippen molar-refractivity contribution in [2.75, 3.05) is 23.9 Å². The molecule has 0 bridgehead atoms. The number of nitrogens with zero attached hydrogens (tertiary/aromatic N) is 5. The van der Waals surface area contributed by atoms with Gasteiger partial charge in [-0.1, -0.05) is 12.8 Å². The maximum absolute atomic E-state index is 11.7. The number of fused-ring (bicyclic) bond motifs is 2. The molecule has 0 saturated heterocycles. The molecule has 3 aromatic rings. The van der Waals surface area contributed by atoms with Crippen LogP contribution in [-0.2, 0) is 11.3 Å². The van der Waals surface area contributed by atoms with Crippen LogP contribution in [0.1, 0.15) is 25.0 Å². The fraction of sp³-hybridized carbons (Fsp3) is 0.400. The number of carbonyl (C=O) groups excluding carboxylic acids is 1. The highest BCUT2D eigenvalue weighted by molar-refractivity contribution is 5.97. The Hall–Kier alpha value is -3.16. The van der Waals surface area contributed by atoms with Crippen molar-refractivity contribution >= 4 is 34.3 Å². The number of carbonyl (C=O) groups is 1. The first-order valence-electron chi connectivity index (χ1n) is 9.57. The molecule has 144 valence electrons. The highest BCUT2D eigenvalue weighted by Gasteiger charge is 2.23. The Kier molecular flexibility index (Phi) is 3.92. The number of likely N-dealkylation sites (N-methyl/N-ethyl adjacent to an activating group) is 1. The number of nitrogens with one attached hydrogen (secondary N) is 1. The molecule has 1 aliphatic carbocycles.